The lowest BCUT2D eigenvalue weighted by Crippen LogP contribution is -2.48. The topological polar surface area (TPSA) is 101 Å². The molecule has 0 saturated heterocycles. The predicted molar refractivity (Wildman–Crippen MR) is 100 cm³/mol. The van der Waals surface area contributed by atoms with Gasteiger partial charge in [0, 0.05) is 19.1 Å². The Labute approximate surface area is 154 Å². The zero-order valence-corrected chi connectivity index (χ0v) is 16.2. The first-order valence-electron chi connectivity index (χ1n) is 8.21. The highest BCUT2D eigenvalue weighted by molar-refractivity contribution is 5.92. The van der Waals surface area contributed by atoms with E-state index in [0.717, 1.165) is 5.56 Å². The summed E-state index contributed by atoms with van der Waals surface area (Å²) < 4.78 is 9.94. The van der Waals surface area contributed by atoms with Gasteiger partial charge in [-0.15, -0.1) is 0 Å². The highest BCUT2D eigenvalue weighted by atomic mass is 16.5. The van der Waals surface area contributed by atoms with E-state index in [1.807, 2.05) is 26.8 Å². The van der Waals surface area contributed by atoms with E-state index in [2.05, 4.69) is 20.9 Å². The number of nitrogens with zero attached hydrogens (tertiary/aromatic N) is 1. The molecule has 0 aliphatic heterocycles. The van der Waals surface area contributed by atoms with Crippen LogP contribution in [0.2, 0.25) is 0 Å². The molecule has 0 heterocycles. The van der Waals surface area contributed by atoms with E-state index in [4.69, 9.17) is 9.47 Å². The molecule has 0 unspecified atom stereocenters. The Bertz CT molecular complexity index is 666. The number of carbonyl (C=O) groups excluding carboxylic acids is 2. The number of carbonyl (C=O) groups is 2. The molecule has 0 aromatic heterocycles. The Hall–Kier alpha value is -2.77. The molecular weight excluding hydrogens is 336 g/mol. The highest BCUT2D eigenvalue weighted by Gasteiger charge is 2.15. The Morgan fingerprint density at radius 2 is 1.85 bits per heavy atom. The minimum atomic E-state index is -0.468. The van der Waals surface area contributed by atoms with Crippen LogP contribution in [0.15, 0.2) is 23.2 Å². The molecule has 0 atom stereocenters. The largest absolute Gasteiger partial charge is 0.496 e. The maximum atomic E-state index is 11.9. The van der Waals surface area contributed by atoms with Gasteiger partial charge in [-0.25, -0.2) is 4.79 Å². The fourth-order valence-corrected chi connectivity index (χ4v) is 2.17. The van der Waals surface area contributed by atoms with Gasteiger partial charge in [-0.2, -0.15) is 0 Å². The van der Waals surface area contributed by atoms with Gasteiger partial charge in [-0.3, -0.25) is 9.79 Å². The molecule has 1 aromatic carbocycles. The first kappa shape index (κ1) is 21.3. The smallest absolute Gasteiger partial charge is 0.341 e. The molecule has 0 radical (unpaired) electrons. The van der Waals surface area contributed by atoms with E-state index in [9.17, 15) is 9.59 Å². The second-order valence-corrected chi connectivity index (χ2v) is 6.60. The van der Waals surface area contributed by atoms with Gasteiger partial charge in [0.15, 0.2) is 5.96 Å². The van der Waals surface area contributed by atoms with Gasteiger partial charge in [-0.1, -0.05) is 6.07 Å². The van der Waals surface area contributed by atoms with E-state index in [-0.39, 0.29) is 18.0 Å². The molecule has 0 saturated carbocycles. The van der Waals surface area contributed by atoms with Gasteiger partial charge in [-0.05, 0) is 38.5 Å². The molecule has 1 aromatic rings. The first-order valence-corrected chi connectivity index (χ1v) is 8.21. The summed E-state index contributed by atoms with van der Waals surface area (Å²) >= 11 is 0. The Balaban J connectivity index is 2.66. The van der Waals surface area contributed by atoms with Crippen molar-refractivity contribution in [2.24, 2.45) is 4.99 Å². The summed E-state index contributed by atoms with van der Waals surface area (Å²) in [5, 5.41) is 8.90. The van der Waals surface area contributed by atoms with Gasteiger partial charge >= 0.3 is 5.97 Å². The standard InChI is InChI=1S/C18H28N4O4/c1-18(2,3)22-15(23)11-21-17(19-4)20-10-12-7-8-14(25-5)13(9-12)16(24)26-6/h7-9H,10-11H2,1-6H3,(H,22,23)(H2,19,20,21). The summed E-state index contributed by atoms with van der Waals surface area (Å²) in [4.78, 5) is 27.8. The van der Waals surface area contributed by atoms with Crippen LogP contribution in [0.4, 0.5) is 0 Å². The summed E-state index contributed by atoms with van der Waals surface area (Å²) in [7, 11) is 4.43. The number of hydrogen-bond acceptors (Lipinski definition) is 5. The normalized spacial score (nSPS) is 11.5. The lowest BCUT2D eigenvalue weighted by molar-refractivity contribution is -0.121. The average Bonchev–Trinajstić information content (AvgIpc) is 2.59. The quantitative estimate of drug-likeness (QED) is 0.396. The Kier molecular flexibility index (Phi) is 7.89. The Morgan fingerprint density at radius 3 is 2.38 bits per heavy atom. The second-order valence-electron chi connectivity index (χ2n) is 6.60. The molecule has 3 N–H and O–H groups in total. The van der Waals surface area contributed by atoms with Crippen molar-refractivity contribution in [3.05, 3.63) is 29.3 Å². The molecular formula is C18H28N4O4. The van der Waals surface area contributed by atoms with Crippen LogP contribution in [0.1, 0.15) is 36.7 Å². The molecule has 144 valence electrons. The monoisotopic (exact) mass is 364 g/mol. The summed E-state index contributed by atoms with van der Waals surface area (Å²) in [6.45, 7) is 6.27. The zero-order valence-electron chi connectivity index (χ0n) is 16.2. The fraction of sp³-hybridized carbons (Fsp3) is 0.500. The molecule has 0 spiro atoms. The third-order valence-electron chi connectivity index (χ3n) is 3.28. The number of amides is 1. The van der Waals surface area contributed by atoms with Gasteiger partial charge in [0.25, 0.3) is 0 Å². The molecule has 0 aliphatic carbocycles. The van der Waals surface area contributed by atoms with Crippen LogP contribution in [0, 0.1) is 0 Å². The van der Waals surface area contributed by atoms with E-state index in [0.29, 0.717) is 23.8 Å². The number of hydrogen-bond donors (Lipinski definition) is 3. The molecule has 1 rings (SSSR count). The van der Waals surface area contributed by atoms with Crippen molar-refractivity contribution in [3.63, 3.8) is 0 Å². The number of methoxy groups -OCH3 is 2. The molecule has 8 nitrogen and oxygen atoms in total. The lowest BCUT2D eigenvalue weighted by atomic mass is 10.1. The molecule has 0 aliphatic rings. The predicted octanol–water partition coefficient (Wildman–Crippen LogP) is 1.06. The van der Waals surface area contributed by atoms with Crippen molar-refractivity contribution in [3.8, 4) is 5.75 Å². The van der Waals surface area contributed by atoms with E-state index >= 15 is 0 Å². The summed E-state index contributed by atoms with van der Waals surface area (Å²) in [6, 6.07) is 5.23. The van der Waals surface area contributed by atoms with Crippen LogP contribution in [-0.2, 0) is 16.1 Å². The van der Waals surface area contributed by atoms with Gasteiger partial charge in [0.05, 0.1) is 20.8 Å². The number of benzene rings is 1. The highest BCUT2D eigenvalue weighted by Crippen LogP contribution is 2.20. The van der Waals surface area contributed by atoms with Crippen LogP contribution in [-0.4, -0.2) is 51.2 Å². The van der Waals surface area contributed by atoms with Crippen LogP contribution in [0.5, 0.6) is 5.75 Å². The molecule has 8 heteroatoms. The summed E-state index contributed by atoms with van der Waals surface area (Å²) in [5.41, 5.74) is 0.901. The number of ether oxygens (including phenoxy) is 2. The van der Waals surface area contributed by atoms with Crippen molar-refractivity contribution in [1.29, 1.82) is 0 Å². The third kappa shape index (κ3) is 7.00. The van der Waals surface area contributed by atoms with Crippen molar-refractivity contribution < 1.29 is 19.1 Å². The number of esters is 1. The minimum absolute atomic E-state index is 0.104. The zero-order chi connectivity index (χ0) is 19.7. The van der Waals surface area contributed by atoms with E-state index in [1.54, 1.807) is 19.2 Å². The van der Waals surface area contributed by atoms with Crippen LogP contribution >= 0.6 is 0 Å². The van der Waals surface area contributed by atoms with Gasteiger partial charge < -0.3 is 25.4 Å². The summed E-state index contributed by atoms with van der Waals surface area (Å²) in [5.74, 6) is 0.328. The van der Waals surface area contributed by atoms with Crippen molar-refractivity contribution in [1.82, 2.24) is 16.0 Å². The van der Waals surface area contributed by atoms with E-state index < -0.39 is 5.97 Å². The molecule has 26 heavy (non-hydrogen) atoms. The fourth-order valence-electron chi connectivity index (χ4n) is 2.17. The second kappa shape index (κ2) is 9.65. The van der Waals surface area contributed by atoms with Crippen molar-refractivity contribution in [2.45, 2.75) is 32.9 Å². The van der Waals surface area contributed by atoms with E-state index in [1.165, 1.54) is 14.2 Å². The number of aliphatic imine (C=N–C) groups is 1. The van der Waals surface area contributed by atoms with Gasteiger partial charge in [0.2, 0.25) is 5.91 Å². The van der Waals surface area contributed by atoms with Crippen LogP contribution in [0.3, 0.4) is 0 Å². The summed E-state index contributed by atoms with van der Waals surface area (Å²) in [6.07, 6.45) is 0. The van der Waals surface area contributed by atoms with Crippen molar-refractivity contribution >= 4 is 17.8 Å². The average molecular weight is 364 g/mol. The maximum absolute atomic E-state index is 11.9. The number of rotatable bonds is 6. The van der Waals surface area contributed by atoms with Crippen LogP contribution < -0.4 is 20.7 Å². The molecule has 0 bridgehead atoms. The van der Waals surface area contributed by atoms with Crippen molar-refractivity contribution in [2.75, 3.05) is 27.8 Å². The molecule has 1 amide bonds. The van der Waals surface area contributed by atoms with Gasteiger partial charge in [0.1, 0.15) is 11.3 Å². The SMILES string of the molecule is CN=C(NCC(=O)NC(C)(C)C)NCc1ccc(OC)c(C(=O)OC)c1. The molecule has 0 fully saturated rings. The first-order chi connectivity index (χ1) is 12.2. The number of nitrogens with one attached hydrogen (secondary N) is 3. The van der Waals surface area contributed by atoms with Crippen LogP contribution in [0.25, 0.3) is 0 Å². The lowest BCUT2D eigenvalue weighted by Gasteiger charge is -2.21. The Morgan fingerprint density at radius 1 is 1.15 bits per heavy atom. The third-order valence-corrected chi connectivity index (χ3v) is 3.28. The maximum Gasteiger partial charge on any atom is 0.341 e. The number of guanidine groups is 1. The minimum Gasteiger partial charge on any atom is -0.496 e.